The summed E-state index contributed by atoms with van der Waals surface area (Å²) in [5.41, 5.74) is 3.68. The number of benzene rings is 1. The largest absolute Gasteiger partial charge is 0.364 e. The minimum Gasteiger partial charge on any atom is -0.364 e. The molecule has 0 amide bonds. The Balaban J connectivity index is 1.40. The number of aromatic nitrogens is 3. The third-order valence-electron chi connectivity index (χ3n) is 5.06. The van der Waals surface area contributed by atoms with Crippen LogP contribution in [0.5, 0.6) is 0 Å². The van der Waals surface area contributed by atoms with E-state index in [2.05, 4.69) is 50.0 Å². The van der Waals surface area contributed by atoms with E-state index in [-0.39, 0.29) is 0 Å². The molecule has 3 heterocycles. The van der Waals surface area contributed by atoms with Crippen molar-refractivity contribution in [1.82, 2.24) is 14.4 Å². The van der Waals surface area contributed by atoms with Crippen molar-refractivity contribution in [3.05, 3.63) is 60.2 Å². The van der Waals surface area contributed by atoms with Crippen LogP contribution in [0.2, 0.25) is 0 Å². The first-order valence-electron chi connectivity index (χ1n) is 8.65. The molecule has 5 heteroatoms. The predicted molar refractivity (Wildman–Crippen MR) is 98.6 cm³/mol. The van der Waals surface area contributed by atoms with E-state index in [1.54, 1.807) is 0 Å². The third-order valence-corrected chi connectivity index (χ3v) is 6.46. The van der Waals surface area contributed by atoms with Crippen molar-refractivity contribution in [2.45, 2.75) is 36.5 Å². The van der Waals surface area contributed by atoms with Crippen LogP contribution < -0.4 is 5.32 Å². The van der Waals surface area contributed by atoms with Crippen molar-refractivity contribution in [3.63, 3.8) is 0 Å². The minimum atomic E-state index is 0.465. The quantitative estimate of drug-likeness (QED) is 0.773. The maximum atomic E-state index is 4.67. The van der Waals surface area contributed by atoms with E-state index in [0.717, 1.165) is 11.5 Å². The maximum Gasteiger partial charge on any atom is 0.180 e. The zero-order valence-corrected chi connectivity index (χ0v) is 14.2. The summed E-state index contributed by atoms with van der Waals surface area (Å²) in [4.78, 5) is 9.22. The number of imidazole rings is 1. The van der Waals surface area contributed by atoms with Gasteiger partial charge in [0.1, 0.15) is 0 Å². The van der Waals surface area contributed by atoms with E-state index in [0.29, 0.717) is 17.2 Å². The van der Waals surface area contributed by atoms with Crippen LogP contribution in [0.3, 0.4) is 0 Å². The highest BCUT2D eigenvalue weighted by molar-refractivity contribution is 7.99. The second-order valence-corrected chi connectivity index (χ2v) is 7.97. The molecule has 24 heavy (non-hydrogen) atoms. The van der Waals surface area contributed by atoms with Crippen LogP contribution in [0.4, 0.5) is 5.82 Å². The van der Waals surface area contributed by atoms with E-state index < -0.39 is 0 Å². The zero-order chi connectivity index (χ0) is 15.9. The third kappa shape index (κ3) is 2.47. The van der Waals surface area contributed by atoms with Crippen molar-refractivity contribution < 1.29 is 0 Å². The second kappa shape index (κ2) is 5.81. The molecule has 0 radical (unpaired) electrons. The number of fused-ring (bicyclic) bond motifs is 1. The van der Waals surface area contributed by atoms with Crippen molar-refractivity contribution in [2.24, 2.45) is 0 Å². The second-order valence-electron chi connectivity index (χ2n) is 6.66. The molecular formula is C19H20N4S. The maximum absolute atomic E-state index is 4.67. The molecule has 0 bridgehead atoms. The van der Waals surface area contributed by atoms with E-state index in [1.807, 2.05) is 30.4 Å². The van der Waals surface area contributed by atoms with Crippen LogP contribution in [0, 0.1) is 0 Å². The van der Waals surface area contributed by atoms with Crippen LogP contribution in [-0.4, -0.2) is 26.2 Å². The summed E-state index contributed by atoms with van der Waals surface area (Å²) < 4.78 is 2.22. The fourth-order valence-electron chi connectivity index (χ4n) is 3.69. The highest BCUT2D eigenvalue weighted by Gasteiger charge is 2.39. The number of hydrogen-bond acceptors (Lipinski definition) is 4. The summed E-state index contributed by atoms with van der Waals surface area (Å²) in [6.07, 6.45) is 9.69. The molecule has 2 aromatic heterocycles. The van der Waals surface area contributed by atoms with Crippen LogP contribution in [0.15, 0.2) is 48.9 Å². The fourth-order valence-corrected chi connectivity index (χ4v) is 4.98. The zero-order valence-electron chi connectivity index (χ0n) is 13.4. The van der Waals surface area contributed by atoms with Gasteiger partial charge in [-0.2, -0.15) is 11.8 Å². The van der Waals surface area contributed by atoms with E-state index in [1.165, 1.54) is 36.3 Å². The molecule has 1 aliphatic carbocycles. The number of hydrogen-bond donors (Lipinski definition) is 1. The lowest BCUT2D eigenvalue weighted by atomic mass is 10.1. The summed E-state index contributed by atoms with van der Waals surface area (Å²) in [5.74, 6) is 2.76. The van der Waals surface area contributed by atoms with Gasteiger partial charge in [0.15, 0.2) is 11.5 Å². The first-order valence-corrected chi connectivity index (χ1v) is 9.70. The van der Waals surface area contributed by atoms with Crippen LogP contribution in [0.1, 0.15) is 41.7 Å². The topological polar surface area (TPSA) is 42.2 Å². The lowest BCUT2D eigenvalue weighted by Crippen LogP contribution is -2.08. The van der Waals surface area contributed by atoms with Crippen LogP contribution in [0.25, 0.3) is 5.65 Å². The molecular weight excluding hydrogens is 316 g/mol. The summed E-state index contributed by atoms with van der Waals surface area (Å²) in [6, 6.07) is 11.2. The highest BCUT2D eigenvalue weighted by atomic mass is 32.2. The molecule has 1 aromatic carbocycles. The van der Waals surface area contributed by atoms with Gasteiger partial charge in [-0.05, 0) is 30.6 Å². The smallest absolute Gasteiger partial charge is 0.180 e. The van der Waals surface area contributed by atoms with Gasteiger partial charge in [-0.3, -0.25) is 4.40 Å². The number of nitrogens with zero attached hydrogens (tertiary/aromatic N) is 3. The summed E-state index contributed by atoms with van der Waals surface area (Å²) in [5, 5.41) is 4.19. The Morgan fingerprint density at radius 1 is 1.17 bits per heavy atom. The van der Waals surface area contributed by atoms with Crippen LogP contribution >= 0.6 is 11.8 Å². The first kappa shape index (κ1) is 14.3. The molecule has 5 rings (SSSR count). The molecule has 1 saturated carbocycles. The molecule has 2 aliphatic rings. The Morgan fingerprint density at radius 2 is 2.08 bits per heavy atom. The number of rotatable bonds is 4. The SMILES string of the molecule is c1ccc([C@H]2C[C@@H]2Nc2nccn3c([C@@H]4CCCS4)cnc23)cc1. The summed E-state index contributed by atoms with van der Waals surface area (Å²) in [7, 11) is 0. The van der Waals surface area contributed by atoms with Crippen molar-refractivity contribution >= 4 is 23.2 Å². The Hall–Kier alpha value is -2.01. The van der Waals surface area contributed by atoms with Crippen molar-refractivity contribution in [3.8, 4) is 0 Å². The Bertz CT molecular complexity index is 854. The average molecular weight is 336 g/mol. The van der Waals surface area contributed by atoms with Gasteiger partial charge in [0, 0.05) is 29.6 Å². The van der Waals surface area contributed by atoms with Crippen LogP contribution in [-0.2, 0) is 0 Å². The summed E-state index contributed by atoms with van der Waals surface area (Å²) in [6.45, 7) is 0. The Labute approximate surface area is 145 Å². The Kier molecular flexibility index (Phi) is 3.47. The minimum absolute atomic E-state index is 0.465. The average Bonchev–Trinajstić information content (AvgIpc) is 3.01. The van der Waals surface area contributed by atoms with Crippen molar-refractivity contribution in [1.29, 1.82) is 0 Å². The van der Waals surface area contributed by atoms with Gasteiger partial charge in [0.25, 0.3) is 0 Å². The molecule has 0 spiro atoms. The van der Waals surface area contributed by atoms with Gasteiger partial charge in [0.2, 0.25) is 0 Å². The predicted octanol–water partition coefficient (Wildman–Crippen LogP) is 4.27. The first-order chi connectivity index (χ1) is 11.9. The number of anilines is 1. The standard InChI is InChI=1S/C19H20N4S/c1-2-5-13(6-3-1)14-11-15(14)22-18-19-21-12-16(17-7-4-10-24-17)23(19)9-8-20-18/h1-3,5-6,8-9,12,14-15,17H,4,7,10-11H2,(H,20,22)/t14-,15+,17+/m1/s1. The molecule has 4 nitrogen and oxygen atoms in total. The number of nitrogens with one attached hydrogen (secondary N) is 1. The Morgan fingerprint density at radius 3 is 2.92 bits per heavy atom. The highest BCUT2D eigenvalue weighted by Crippen LogP contribution is 2.43. The molecule has 3 atom stereocenters. The summed E-state index contributed by atoms with van der Waals surface area (Å²) >= 11 is 2.04. The molecule has 122 valence electrons. The molecule has 2 fully saturated rings. The van der Waals surface area contributed by atoms with E-state index in [4.69, 9.17) is 0 Å². The molecule has 1 saturated heterocycles. The molecule has 0 unspecified atom stereocenters. The fraction of sp³-hybridized carbons (Fsp3) is 0.368. The molecule has 1 aliphatic heterocycles. The van der Waals surface area contributed by atoms with Gasteiger partial charge in [-0.15, -0.1) is 0 Å². The van der Waals surface area contributed by atoms with Gasteiger partial charge < -0.3 is 5.32 Å². The monoisotopic (exact) mass is 336 g/mol. The lowest BCUT2D eigenvalue weighted by Gasteiger charge is -2.10. The van der Waals surface area contributed by atoms with Gasteiger partial charge in [-0.25, -0.2) is 9.97 Å². The van der Waals surface area contributed by atoms with Gasteiger partial charge in [0.05, 0.1) is 11.9 Å². The van der Waals surface area contributed by atoms with E-state index >= 15 is 0 Å². The van der Waals surface area contributed by atoms with E-state index in [9.17, 15) is 0 Å². The van der Waals surface area contributed by atoms with Gasteiger partial charge >= 0.3 is 0 Å². The lowest BCUT2D eigenvalue weighted by molar-refractivity contribution is 0.797. The van der Waals surface area contributed by atoms with Gasteiger partial charge in [-0.1, -0.05) is 30.3 Å². The van der Waals surface area contributed by atoms with Crippen molar-refractivity contribution in [2.75, 3.05) is 11.1 Å². The normalized spacial score (nSPS) is 25.9. The molecule has 3 aromatic rings. The molecule has 1 N–H and O–H groups in total. The number of thioether (sulfide) groups is 1.